The van der Waals surface area contributed by atoms with E-state index in [-0.39, 0.29) is 24.0 Å². The first-order valence-corrected chi connectivity index (χ1v) is 8.64. The Balaban J connectivity index is 1.76. The molecule has 6 heteroatoms. The number of nitrogens with one attached hydrogen (secondary N) is 2. The number of rotatable bonds is 5. The summed E-state index contributed by atoms with van der Waals surface area (Å²) in [5, 5.41) is 5.92. The summed E-state index contributed by atoms with van der Waals surface area (Å²) in [5.74, 6) is 0.271. The summed E-state index contributed by atoms with van der Waals surface area (Å²) < 4.78 is 13.7. The van der Waals surface area contributed by atoms with E-state index < -0.39 is 0 Å². The molecule has 3 aromatic rings. The maximum atomic E-state index is 13.7. The number of hydrogen-bond acceptors (Lipinski definition) is 4. The third-order valence-electron chi connectivity index (χ3n) is 4.11. The minimum absolute atomic E-state index is 0.0917. The largest absolute Gasteiger partial charge is 0.347 e. The van der Waals surface area contributed by atoms with Crippen LogP contribution >= 0.6 is 0 Å². The first-order chi connectivity index (χ1) is 12.9. The van der Waals surface area contributed by atoms with Gasteiger partial charge in [-0.15, -0.1) is 0 Å². The van der Waals surface area contributed by atoms with Gasteiger partial charge in [0.15, 0.2) is 0 Å². The zero-order valence-electron chi connectivity index (χ0n) is 15.5. The molecule has 0 radical (unpaired) electrons. The molecule has 0 spiro atoms. The number of nitrogens with zero attached hydrogens (tertiary/aromatic N) is 2. The second kappa shape index (κ2) is 7.95. The van der Waals surface area contributed by atoms with Crippen LogP contribution in [0, 0.1) is 26.6 Å². The van der Waals surface area contributed by atoms with Crippen LogP contribution in [0.2, 0.25) is 0 Å². The molecule has 0 fully saturated rings. The molecule has 0 unspecified atom stereocenters. The van der Waals surface area contributed by atoms with Crippen molar-refractivity contribution in [2.45, 2.75) is 27.3 Å². The molecule has 138 valence electrons. The Bertz CT molecular complexity index is 988. The molecule has 1 aromatic heterocycles. The van der Waals surface area contributed by atoms with Crippen molar-refractivity contribution in [2.24, 2.45) is 0 Å². The highest BCUT2D eigenvalue weighted by Crippen LogP contribution is 2.21. The van der Waals surface area contributed by atoms with Gasteiger partial charge in [-0.2, -0.15) is 0 Å². The molecule has 0 aliphatic heterocycles. The molecular weight excluding hydrogens is 343 g/mol. The number of anilines is 2. The molecule has 0 aliphatic rings. The van der Waals surface area contributed by atoms with E-state index in [0.717, 1.165) is 11.3 Å². The molecule has 27 heavy (non-hydrogen) atoms. The number of aryl methyl sites for hydroxylation is 3. The zero-order chi connectivity index (χ0) is 19.4. The predicted molar refractivity (Wildman–Crippen MR) is 104 cm³/mol. The van der Waals surface area contributed by atoms with Crippen molar-refractivity contribution in [3.8, 4) is 0 Å². The van der Waals surface area contributed by atoms with Gasteiger partial charge in [0.2, 0.25) is 0 Å². The predicted octanol–water partition coefficient (Wildman–Crippen LogP) is 4.21. The van der Waals surface area contributed by atoms with Crippen LogP contribution in [0.25, 0.3) is 0 Å². The number of amides is 1. The molecule has 3 rings (SSSR count). The molecule has 0 saturated carbocycles. The molecular formula is C21H21FN4O. The maximum absolute atomic E-state index is 13.7. The van der Waals surface area contributed by atoms with E-state index in [1.54, 1.807) is 31.2 Å². The van der Waals surface area contributed by atoms with Crippen LogP contribution in [0.3, 0.4) is 0 Å². The summed E-state index contributed by atoms with van der Waals surface area (Å²) in [5.41, 5.74) is 3.81. The monoisotopic (exact) mass is 364 g/mol. The molecule has 1 heterocycles. The minimum atomic E-state index is -0.382. The van der Waals surface area contributed by atoms with Gasteiger partial charge in [-0.3, -0.25) is 4.79 Å². The Morgan fingerprint density at radius 2 is 1.81 bits per heavy atom. The zero-order valence-corrected chi connectivity index (χ0v) is 15.5. The topological polar surface area (TPSA) is 66.9 Å². The van der Waals surface area contributed by atoms with Crippen LogP contribution in [0.15, 0.2) is 48.5 Å². The maximum Gasteiger partial charge on any atom is 0.270 e. The Morgan fingerprint density at radius 3 is 2.56 bits per heavy atom. The van der Waals surface area contributed by atoms with Crippen LogP contribution in [-0.4, -0.2) is 15.9 Å². The number of benzene rings is 2. The first kappa shape index (κ1) is 18.5. The Hall–Kier alpha value is -3.28. The van der Waals surface area contributed by atoms with E-state index in [4.69, 9.17) is 0 Å². The fourth-order valence-electron chi connectivity index (χ4n) is 2.75. The van der Waals surface area contributed by atoms with Crippen LogP contribution in [-0.2, 0) is 6.54 Å². The van der Waals surface area contributed by atoms with Crippen LogP contribution in [0.1, 0.15) is 33.0 Å². The van der Waals surface area contributed by atoms with Crippen molar-refractivity contribution in [2.75, 3.05) is 5.32 Å². The summed E-state index contributed by atoms with van der Waals surface area (Å²) in [4.78, 5) is 21.0. The summed E-state index contributed by atoms with van der Waals surface area (Å²) in [7, 11) is 0. The van der Waals surface area contributed by atoms with E-state index in [1.165, 1.54) is 11.6 Å². The average molecular weight is 364 g/mol. The molecule has 0 atom stereocenters. The Kier molecular flexibility index (Phi) is 5.45. The van der Waals surface area contributed by atoms with Gasteiger partial charge >= 0.3 is 0 Å². The summed E-state index contributed by atoms with van der Waals surface area (Å²) in [6, 6.07) is 14.0. The average Bonchev–Trinajstić information content (AvgIpc) is 2.63. The highest BCUT2D eigenvalue weighted by molar-refractivity contribution is 5.93. The quantitative estimate of drug-likeness (QED) is 0.711. The van der Waals surface area contributed by atoms with Crippen LogP contribution in [0.5, 0.6) is 0 Å². The van der Waals surface area contributed by atoms with E-state index in [2.05, 4.69) is 26.7 Å². The summed E-state index contributed by atoms with van der Waals surface area (Å²) in [6.07, 6.45) is 0. The standard InChI is InChI=1S/C21H21FN4O/c1-13-8-9-18(14(2)10-13)26-20-11-19(24-15(3)25-20)21(27)23-12-16-6-4-5-7-17(16)22/h4-11H,12H2,1-3H3,(H,23,27)(H,24,25,26). The van der Waals surface area contributed by atoms with Crippen molar-refractivity contribution >= 4 is 17.4 Å². The molecule has 1 amide bonds. The van der Waals surface area contributed by atoms with E-state index >= 15 is 0 Å². The Morgan fingerprint density at radius 1 is 1.04 bits per heavy atom. The number of aromatic nitrogens is 2. The van der Waals surface area contributed by atoms with Gasteiger partial charge in [-0.1, -0.05) is 35.9 Å². The van der Waals surface area contributed by atoms with Gasteiger partial charge in [-0.05, 0) is 38.5 Å². The van der Waals surface area contributed by atoms with Gasteiger partial charge in [0, 0.05) is 23.9 Å². The van der Waals surface area contributed by atoms with Gasteiger partial charge in [0.25, 0.3) is 5.91 Å². The normalized spacial score (nSPS) is 10.5. The number of hydrogen-bond donors (Lipinski definition) is 2. The van der Waals surface area contributed by atoms with Gasteiger partial charge in [-0.25, -0.2) is 14.4 Å². The lowest BCUT2D eigenvalue weighted by molar-refractivity contribution is 0.0945. The smallest absolute Gasteiger partial charge is 0.270 e. The second-order valence-corrected chi connectivity index (χ2v) is 6.40. The van der Waals surface area contributed by atoms with E-state index in [9.17, 15) is 9.18 Å². The van der Waals surface area contributed by atoms with Crippen molar-refractivity contribution in [3.63, 3.8) is 0 Å². The fraction of sp³-hybridized carbons (Fsp3) is 0.190. The molecule has 0 saturated heterocycles. The molecule has 2 aromatic carbocycles. The van der Waals surface area contributed by atoms with Crippen LogP contribution < -0.4 is 10.6 Å². The first-order valence-electron chi connectivity index (χ1n) is 8.64. The SMILES string of the molecule is Cc1ccc(Nc2cc(C(=O)NCc3ccccc3F)nc(C)n2)c(C)c1. The highest BCUT2D eigenvalue weighted by atomic mass is 19.1. The van der Waals surface area contributed by atoms with Crippen molar-refractivity contribution in [1.29, 1.82) is 0 Å². The van der Waals surface area contributed by atoms with Crippen molar-refractivity contribution in [3.05, 3.63) is 82.6 Å². The highest BCUT2D eigenvalue weighted by Gasteiger charge is 2.12. The number of halogens is 1. The molecule has 0 aliphatic carbocycles. The van der Waals surface area contributed by atoms with E-state index in [1.807, 2.05) is 26.0 Å². The summed E-state index contributed by atoms with van der Waals surface area (Å²) in [6.45, 7) is 5.85. The van der Waals surface area contributed by atoms with Crippen LogP contribution in [0.4, 0.5) is 15.9 Å². The van der Waals surface area contributed by atoms with Crippen molar-refractivity contribution < 1.29 is 9.18 Å². The number of carbonyl (C=O) groups is 1. The van der Waals surface area contributed by atoms with Gasteiger partial charge in [0.05, 0.1) is 0 Å². The van der Waals surface area contributed by atoms with E-state index in [0.29, 0.717) is 17.2 Å². The summed E-state index contributed by atoms with van der Waals surface area (Å²) >= 11 is 0. The molecule has 0 bridgehead atoms. The minimum Gasteiger partial charge on any atom is -0.347 e. The van der Waals surface area contributed by atoms with Gasteiger partial charge < -0.3 is 10.6 Å². The third kappa shape index (κ3) is 4.67. The second-order valence-electron chi connectivity index (χ2n) is 6.40. The Labute approximate surface area is 157 Å². The van der Waals surface area contributed by atoms with Gasteiger partial charge in [0.1, 0.15) is 23.2 Å². The third-order valence-corrected chi connectivity index (χ3v) is 4.11. The molecule has 2 N–H and O–H groups in total. The van der Waals surface area contributed by atoms with Crippen molar-refractivity contribution in [1.82, 2.24) is 15.3 Å². The fourth-order valence-corrected chi connectivity index (χ4v) is 2.75. The lowest BCUT2D eigenvalue weighted by Crippen LogP contribution is -2.25. The number of carbonyl (C=O) groups excluding carboxylic acids is 1. The lowest BCUT2D eigenvalue weighted by atomic mass is 10.1. The lowest BCUT2D eigenvalue weighted by Gasteiger charge is -2.12. The molecule has 5 nitrogen and oxygen atoms in total.